The molecular weight excluding hydrogens is 390 g/mol. The van der Waals surface area contributed by atoms with E-state index in [2.05, 4.69) is 20.5 Å². The number of halogens is 2. The SMILES string of the molecule is C[C@H](Sc1n[nH]c(-c2ccccc2)n1)C(=O)Nc1ccc(SC(F)F)cc1. The van der Waals surface area contributed by atoms with Crippen LogP contribution < -0.4 is 5.32 Å². The summed E-state index contributed by atoms with van der Waals surface area (Å²) in [6.45, 7) is 1.75. The monoisotopic (exact) mass is 406 g/mol. The molecule has 9 heteroatoms. The van der Waals surface area contributed by atoms with Crippen LogP contribution in [0.4, 0.5) is 14.5 Å². The minimum absolute atomic E-state index is 0.222. The first kappa shape index (κ1) is 19.4. The van der Waals surface area contributed by atoms with Gasteiger partial charge in [0.25, 0.3) is 5.76 Å². The molecule has 5 nitrogen and oxygen atoms in total. The summed E-state index contributed by atoms with van der Waals surface area (Å²) in [7, 11) is 0. The zero-order chi connectivity index (χ0) is 19.2. The van der Waals surface area contributed by atoms with Crippen LogP contribution in [0.5, 0.6) is 0 Å². The van der Waals surface area contributed by atoms with Gasteiger partial charge in [-0.1, -0.05) is 53.9 Å². The van der Waals surface area contributed by atoms with Gasteiger partial charge in [-0.3, -0.25) is 9.89 Å². The summed E-state index contributed by atoms with van der Waals surface area (Å²) in [5.74, 6) is -2.05. The molecule has 0 aliphatic rings. The Kier molecular flexibility index (Phi) is 6.46. The van der Waals surface area contributed by atoms with E-state index in [4.69, 9.17) is 0 Å². The van der Waals surface area contributed by atoms with E-state index in [-0.39, 0.29) is 5.91 Å². The number of hydrogen-bond acceptors (Lipinski definition) is 5. The Labute approximate surface area is 163 Å². The number of nitrogens with zero attached hydrogens (tertiary/aromatic N) is 2. The van der Waals surface area contributed by atoms with E-state index < -0.39 is 11.0 Å². The smallest absolute Gasteiger partial charge is 0.288 e. The lowest BCUT2D eigenvalue weighted by Gasteiger charge is -2.10. The van der Waals surface area contributed by atoms with E-state index >= 15 is 0 Å². The molecule has 1 aromatic heterocycles. The van der Waals surface area contributed by atoms with Crippen molar-refractivity contribution in [2.45, 2.75) is 28.0 Å². The molecule has 0 fully saturated rings. The van der Waals surface area contributed by atoms with Crippen LogP contribution in [0.1, 0.15) is 6.92 Å². The van der Waals surface area contributed by atoms with Gasteiger partial charge < -0.3 is 5.32 Å². The second-order valence-electron chi connectivity index (χ2n) is 5.48. The van der Waals surface area contributed by atoms with Gasteiger partial charge in [0.15, 0.2) is 5.82 Å². The lowest BCUT2D eigenvalue weighted by atomic mass is 10.2. The highest BCUT2D eigenvalue weighted by molar-refractivity contribution is 8.00. The first-order chi connectivity index (χ1) is 13.0. The molecule has 2 aromatic carbocycles. The summed E-state index contributed by atoms with van der Waals surface area (Å²) in [6.07, 6.45) is 0. The molecule has 3 aromatic rings. The van der Waals surface area contributed by atoms with Crippen molar-refractivity contribution >= 4 is 35.1 Å². The fourth-order valence-corrected chi connectivity index (χ4v) is 3.42. The Morgan fingerprint density at radius 1 is 1.07 bits per heavy atom. The van der Waals surface area contributed by atoms with Crippen molar-refractivity contribution in [2.24, 2.45) is 0 Å². The van der Waals surface area contributed by atoms with Gasteiger partial charge in [-0.2, -0.15) is 8.78 Å². The Balaban J connectivity index is 1.57. The summed E-state index contributed by atoms with van der Waals surface area (Å²) in [5, 5.41) is 9.79. The van der Waals surface area contributed by atoms with E-state index in [0.29, 0.717) is 33.3 Å². The number of thioether (sulfide) groups is 2. The van der Waals surface area contributed by atoms with E-state index in [1.807, 2.05) is 30.3 Å². The molecular formula is C18H16F2N4OS2. The maximum absolute atomic E-state index is 12.3. The number of anilines is 1. The van der Waals surface area contributed by atoms with E-state index in [9.17, 15) is 13.6 Å². The second-order valence-corrected chi connectivity index (χ2v) is 7.86. The first-order valence-corrected chi connectivity index (χ1v) is 9.77. The summed E-state index contributed by atoms with van der Waals surface area (Å²) in [4.78, 5) is 17.2. The summed E-state index contributed by atoms with van der Waals surface area (Å²) < 4.78 is 24.7. The Bertz CT molecular complexity index is 888. The van der Waals surface area contributed by atoms with E-state index in [0.717, 1.165) is 5.56 Å². The normalized spacial score (nSPS) is 12.1. The molecule has 0 spiro atoms. The number of hydrogen-bond donors (Lipinski definition) is 2. The lowest BCUT2D eigenvalue weighted by Crippen LogP contribution is -2.22. The highest BCUT2D eigenvalue weighted by Crippen LogP contribution is 2.27. The molecule has 1 heterocycles. The third-order valence-electron chi connectivity index (χ3n) is 3.51. The minimum atomic E-state index is -2.47. The van der Waals surface area contributed by atoms with Crippen LogP contribution in [0, 0.1) is 0 Å². The fourth-order valence-electron chi connectivity index (χ4n) is 2.20. The third-order valence-corrected chi connectivity index (χ3v) is 5.19. The Morgan fingerprint density at radius 3 is 2.44 bits per heavy atom. The van der Waals surface area contributed by atoms with Gasteiger partial charge in [-0.25, -0.2) is 4.98 Å². The van der Waals surface area contributed by atoms with Gasteiger partial charge in [-0.05, 0) is 31.2 Å². The molecule has 0 saturated carbocycles. The third kappa shape index (κ3) is 5.54. The topological polar surface area (TPSA) is 70.7 Å². The molecule has 3 rings (SSSR count). The zero-order valence-electron chi connectivity index (χ0n) is 14.2. The molecule has 0 unspecified atom stereocenters. The van der Waals surface area contributed by atoms with Crippen LogP contribution in [0.3, 0.4) is 0 Å². The maximum Gasteiger partial charge on any atom is 0.288 e. The average molecular weight is 406 g/mol. The van der Waals surface area contributed by atoms with Crippen molar-refractivity contribution in [2.75, 3.05) is 5.32 Å². The van der Waals surface area contributed by atoms with Crippen molar-refractivity contribution < 1.29 is 13.6 Å². The van der Waals surface area contributed by atoms with Crippen LogP contribution >= 0.6 is 23.5 Å². The molecule has 1 amide bonds. The highest BCUT2D eigenvalue weighted by atomic mass is 32.2. The van der Waals surface area contributed by atoms with Crippen molar-refractivity contribution in [1.82, 2.24) is 15.2 Å². The average Bonchev–Trinajstić information content (AvgIpc) is 3.12. The first-order valence-electron chi connectivity index (χ1n) is 8.01. The predicted molar refractivity (Wildman–Crippen MR) is 104 cm³/mol. The second kappa shape index (κ2) is 9.01. The van der Waals surface area contributed by atoms with Crippen LogP contribution in [0.2, 0.25) is 0 Å². The quantitative estimate of drug-likeness (QED) is 0.546. The van der Waals surface area contributed by atoms with E-state index in [1.165, 1.54) is 11.8 Å². The van der Waals surface area contributed by atoms with Gasteiger partial charge in [0.2, 0.25) is 11.1 Å². The molecule has 0 aliphatic heterocycles. The van der Waals surface area contributed by atoms with Crippen molar-refractivity contribution in [3.8, 4) is 11.4 Å². The number of H-pyrrole nitrogens is 1. The number of alkyl halides is 2. The number of aromatic nitrogens is 3. The summed E-state index contributed by atoms with van der Waals surface area (Å²) >= 11 is 1.69. The largest absolute Gasteiger partial charge is 0.325 e. The number of carbonyl (C=O) groups is 1. The zero-order valence-corrected chi connectivity index (χ0v) is 15.9. The number of nitrogens with one attached hydrogen (secondary N) is 2. The molecule has 140 valence electrons. The van der Waals surface area contributed by atoms with Gasteiger partial charge in [0.05, 0.1) is 5.25 Å². The number of benzene rings is 2. The number of carbonyl (C=O) groups excluding carboxylic acids is 1. The molecule has 0 saturated heterocycles. The summed E-state index contributed by atoms with van der Waals surface area (Å²) in [6, 6.07) is 15.9. The molecule has 2 N–H and O–H groups in total. The van der Waals surface area contributed by atoms with Crippen molar-refractivity contribution in [1.29, 1.82) is 0 Å². The highest BCUT2D eigenvalue weighted by Gasteiger charge is 2.18. The predicted octanol–water partition coefficient (Wildman–Crippen LogP) is 4.91. The van der Waals surface area contributed by atoms with Gasteiger partial charge in [-0.15, -0.1) is 5.10 Å². The molecule has 27 heavy (non-hydrogen) atoms. The number of rotatable bonds is 7. The van der Waals surface area contributed by atoms with Crippen LogP contribution in [-0.4, -0.2) is 32.1 Å². The molecule has 0 aliphatic carbocycles. The van der Waals surface area contributed by atoms with Crippen molar-refractivity contribution in [3.05, 3.63) is 54.6 Å². The van der Waals surface area contributed by atoms with Gasteiger partial charge in [0, 0.05) is 16.1 Å². The number of amides is 1. The molecule has 0 bridgehead atoms. The van der Waals surface area contributed by atoms with Gasteiger partial charge in [0.1, 0.15) is 0 Å². The van der Waals surface area contributed by atoms with Gasteiger partial charge >= 0.3 is 0 Å². The fraction of sp³-hybridized carbons (Fsp3) is 0.167. The Hall–Kier alpha value is -2.39. The molecule has 1 atom stereocenters. The number of aromatic amines is 1. The molecule has 0 radical (unpaired) electrons. The maximum atomic E-state index is 12.3. The van der Waals surface area contributed by atoms with Crippen molar-refractivity contribution in [3.63, 3.8) is 0 Å². The summed E-state index contributed by atoms with van der Waals surface area (Å²) in [5.41, 5.74) is 1.46. The minimum Gasteiger partial charge on any atom is -0.325 e. The van der Waals surface area contributed by atoms with Crippen LogP contribution in [-0.2, 0) is 4.79 Å². The van der Waals surface area contributed by atoms with E-state index in [1.54, 1.807) is 31.2 Å². The van der Waals surface area contributed by atoms with Crippen LogP contribution in [0.15, 0.2) is 64.6 Å². The van der Waals surface area contributed by atoms with Crippen LogP contribution in [0.25, 0.3) is 11.4 Å². The lowest BCUT2D eigenvalue weighted by molar-refractivity contribution is -0.115. The Morgan fingerprint density at radius 2 is 1.78 bits per heavy atom. The standard InChI is InChI=1S/C18H16F2N4OS2/c1-11(16(25)21-13-7-9-14(10-8-13)27-17(19)20)26-18-22-15(23-24-18)12-5-3-2-4-6-12/h2-11,17H,1H3,(H,21,25)(H,22,23,24)/t11-/m0/s1.